The predicted octanol–water partition coefficient (Wildman–Crippen LogP) is 3.82. The van der Waals surface area contributed by atoms with E-state index in [9.17, 15) is 18.0 Å². The van der Waals surface area contributed by atoms with E-state index in [0.29, 0.717) is 35.0 Å². The summed E-state index contributed by atoms with van der Waals surface area (Å²) in [5.74, 6) is 0.682. The molecule has 0 unspecified atom stereocenters. The Bertz CT molecular complexity index is 1010. The van der Waals surface area contributed by atoms with Gasteiger partial charge in [-0.2, -0.15) is 13.2 Å². The summed E-state index contributed by atoms with van der Waals surface area (Å²) in [7, 11) is 0. The Morgan fingerprint density at radius 1 is 1.20 bits per heavy atom. The lowest BCUT2D eigenvalue weighted by molar-refractivity contribution is -0.141. The van der Waals surface area contributed by atoms with Crippen LogP contribution < -0.4 is 16.0 Å². The number of rotatable bonds is 5. The summed E-state index contributed by atoms with van der Waals surface area (Å²) >= 11 is 0. The number of hydrogen-bond donors (Lipinski definition) is 3. The molecular formula is C22H21F3N4O. The lowest BCUT2D eigenvalue weighted by Crippen LogP contribution is -2.52. The number of nitrogens with one attached hydrogen (secondary N) is 3. The Morgan fingerprint density at radius 2 is 1.93 bits per heavy atom. The number of nitrogens with zero attached hydrogens (tertiary/aromatic N) is 1. The van der Waals surface area contributed by atoms with Gasteiger partial charge in [-0.3, -0.25) is 9.78 Å². The standard InChI is InChI=1S/C22H21F3N4O/c1-13-21(16-8-9-16,29-14(2)28-13)12-27-20(30)18-6-4-3-5-17(18)15-7-10-19(26-11-15)22(23,24)25/h3-7,10-11,16,28-29H,1-2,8-9,12H2,(H,27,30)/t21-/m1/s1. The molecule has 1 saturated heterocycles. The van der Waals surface area contributed by atoms with Crippen LogP contribution in [0.4, 0.5) is 13.2 Å². The molecule has 2 fully saturated rings. The van der Waals surface area contributed by atoms with Crippen LogP contribution in [0.3, 0.4) is 0 Å². The molecule has 156 valence electrons. The van der Waals surface area contributed by atoms with Crippen molar-refractivity contribution in [1.82, 2.24) is 20.9 Å². The van der Waals surface area contributed by atoms with Gasteiger partial charge in [-0.25, -0.2) is 0 Å². The van der Waals surface area contributed by atoms with E-state index in [-0.39, 0.29) is 5.91 Å². The van der Waals surface area contributed by atoms with Crippen molar-refractivity contribution in [3.8, 4) is 11.1 Å². The van der Waals surface area contributed by atoms with Crippen LogP contribution in [0.25, 0.3) is 11.1 Å². The summed E-state index contributed by atoms with van der Waals surface area (Å²) in [6, 6.07) is 9.00. The molecule has 8 heteroatoms. The van der Waals surface area contributed by atoms with Crippen LogP contribution in [0.5, 0.6) is 0 Å². The van der Waals surface area contributed by atoms with Crippen LogP contribution in [-0.4, -0.2) is 23.0 Å². The molecule has 2 aromatic rings. The van der Waals surface area contributed by atoms with Gasteiger partial charge in [0.15, 0.2) is 0 Å². The van der Waals surface area contributed by atoms with Crippen LogP contribution in [0.1, 0.15) is 28.9 Å². The van der Waals surface area contributed by atoms with Gasteiger partial charge in [0.25, 0.3) is 5.91 Å². The lowest BCUT2D eigenvalue weighted by atomic mass is 9.90. The lowest BCUT2D eigenvalue weighted by Gasteiger charge is -2.30. The van der Waals surface area contributed by atoms with E-state index < -0.39 is 17.4 Å². The predicted molar refractivity (Wildman–Crippen MR) is 107 cm³/mol. The van der Waals surface area contributed by atoms with Gasteiger partial charge in [0.2, 0.25) is 0 Å². The third-order valence-corrected chi connectivity index (χ3v) is 5.55. The van der Waals surface area contributed by atoms with Crippen molar-refractivity contribution < 1.29 is 18.0 Å². The minimum atomic E-state index is -4.51. The Morgan fingerprint density at radius 3 is 2.50 bits per heavy atom. The van der Waals surface area contributed by atoms with Gasteiger partial charge in [-0.05, 0) is 36.5 Å². The van der Waals surface area contributed by atoms with Crippen molar-refractivity contribution in [2.24, 2.45) is 5.92 Å². The molecule has 1 aromatic carbocycles. The fourth-order valence-electron chi connectivity index (χ4n) is 3.86. The second-order valence-electron chi connectivity index (χ2n) is 7.61. The molecule has 1 aliphatic carbocycles. The van der Waals surface area contributed by atoms with E-state index in [1.54, 1.807) is 24.3 Å². The van der Waals surface area contributed by atoms with Gasteiger partial charge < -0.3 is 16.0 Å². The largest absolute Gasteiger partial charge is 0.433 e. The quantitative estimate of drug-likeness (QED) is 0.696. The summed E-state index contributed by atoms with van der Waals surface area (Å²) in [5, 5.41) is 9.37. The van der Waals surface area contributed by atoms with E-state index in [4.69, 9.17) is 0 Å². The average molecular weight is 414 g/mol. The van der Waals surface area contributed by atoms with Gasteiger partial charge in [0.1, 0.15) is 5.69 Å². The summed E-state index contributed by atoms with van der Waals surface area (Å²) in [6.45, 7) is 8.29. The molecular weight excluding hydrogens is 393 g/mol. The smallest absolute Gasteiger partial charge is 0.359 e. The molecule has 0 bridgehead atoms. The highest BCUT2D eigenvalue weighted by atomic mass is 19.4. The first kappa shape index (κ1) is 20.0. The van der Waals surface area contributed by atoms with Crippen LogP contribution in [-0.2, 0) is 6.18 Å². The van der Waals surface area contributed by atoms with Crippen molar-refractivity contribution in [1.29, 1.82) is 0 Å². The maximum Gasteiger partial charge on any atom is 0.433 e. The maximum atomic E-state index is 13.0. The number of carbonyl (C=O) groups is 1. The molecule has 1 amide bonds. The van der Waals surface area contributed by atoms with Gasteiger partial charge in [-0.1, -0.05) is 37.4 Å². The minimum Gasteiger partial charge on any atom is -0.359 e. The van der Waals surface area contributed by atoms with Gasteiger partial charge in [-0.15, -0.1) is 0 Å². The molecule has 3 N–H and O–H groups in total. The number of aromatic nitrogens is 1. The molecule has 0 spiro atoms. The number of carbonyl (C=O) groups excluding carboxylic acids is 1. The van der Waals surface area contributed by atoms with Gasteiger partial charge >= 0.3 is 6.18 Å². The average Bonchev–Trinajstić information content (AvgIpc) is 3.52. The second kappa shape index (κ2) is 7.19. The van der Waals surface area contributed by atoms with Crippen LogP contribution in [0.2, 0.25) is 0 Å². The number of alkyl halides is 3. The Balaban J connectivity index is 1.56. The summed E-state index contributed by atoms with van der Waals surface area (Å²) in [5.41, 5.74) is 0.619. The number of benzene rings is 1. The Kier molecular flexibility index (Phi) is 4.80. The maximum absolute atomic E-state index is 13.0. The highest BCUT2D eigenvalue weighted by Crippen LogP contribution is 2.44. The Labute approximate surface area is 172 Å². The fraction of sp³-hybridized carbons (Fsp3) is 0.273. The van der Waals surface area contributed by atoms with Crippen LogP contribution >= 0.6 is 0 Å². The van der Waals surface area contributed by atoms with Crippen molar-refractivity contribution in [3.05, 3.63) is 78.5 Å². The van der Waals surface area contributed by atoms with E-state index >= 15 is 0 Å². The van der Waals surface area contributed by atoms with Gasteiger partial charge in [0, 0.05) is 29.6 Å². The second-order valence-corrected chi connectivity index (χ2v) is 7.61. The van der Waals surface area contributed by atoms with E-state index in [1.165, 1.54) is 6.07 Å². The zero-order chi connectivity index (χ0) is 21.5. The normalized spacial score (nSPS) is 21.2. The highest BCUT2D eigenvalue weighted by Gasteiger charge is 2.50. The van der Waals surface area contributed by atoms with E-state index in [2.05, 4.69) is 34.1 Å². The minimum absolute atomic E-state index is 0.320. The SMILES string of the molecule is C=C1NC(=C)[C@](CNC(=O)c2ccccc2-c2ccc(C(F)(F)F)nc2)(C2CC2)N1. The molecule has 2 heterocycles. The molecule has 1 atom stereocenters. The summed E-state index contributed by atoms with van der Waals surface area (Å²) in [6.07, 6.45) is -1.31. The molecule has 1 aromatic heterocycles. The zero-order valence-electron chi connectivity index (χ0n) is 16.1. The van der Waals surface area contributed by atoms with Crippen molar-refractivity contribution in [2.45, 2.75) is 24.6 Å². The van der Waals surface area contributed by atoms with Crippen molar-refractivity contribution in [2.75, 3.05) is 6.54 Å². The number of hydrogen-bond acceptors (Lipinski definition) is 4. The topological polar surface area (TPSA) is 66.0 Å². The molecule has 2 aliphatic rings. The number of halogens is 3. The third kappa shape index (κ3) is 3.65. The number of pyridine rings is 1. The summed E-state index contributed by atoms with van der Waals surface area (Å²) in [4.78, 5) is 16.5. The van der Waals surface area contributed by atoms with E-state index in [1.807, 2.05) is 0 Å². The van der Waals surface area contributed by atoms with E-state index in [0.717, 1.165) is 30.8 Å². The van der Waals surface area contributed by atoms with Crippen molar-refractivity contribution >= 4 is 5.91 Å². The Hall–Kier alpha value is -3.29. The summed E-state index contributed by atoms with van der Waals surface area (Å²) < 4.78 is 38.4. The van der Waals surface area contributed by atoms with Crippen LogP contribution in [0, 0.1) is 5.92 Å². The monoisotopic (exact) mass is 414 g/mol. The van der Waals surface area contributed by atoms with Gasteiger partial charge in [0.05, 0.1) is 11.4 Å². The first-order chi connectivity index (χ1) is 14.2. The highest BCUT2D eigenvalue weighted by molar-refractivity contribution is 6.00. The zero-order valence-corrected chi connectivity index (χ0v) is 16.1. The molecule has 4 rings (SSSR count). The van der Waals surface area contributed by atoms with Crippen molar-refractivity contribution in [3.63, 3.8) is 0 Å². The molecule has 5 nitrogen and oxygen atoms in total. The first-order valence-corrected chi connectivity index (χ1v) is 9.55. The molecule has 1 aliphatic heterocycles. The van der Waals surface area contributed by atoms with Crippen LogP contribution in [0.15, 0.2) is 67.3 Å². The third-order valence-electron chi connectivity index (χ3n) is 5.55. The first-order valence-electron chi connectivity index (χ1n) is 9.55. The molecule has 1 saturated carbocycles. The fourth-order valence-corrected chi connectivity index (χ4v) is 3.86. The molecule has 0 radical (unpaired) electrons. The molecule has 30 heavy (non-hydrogen) atoms. The number of amides is 1.